The van der Waals surface area contributed by atoms with E-state index in [0.717, 1.165) is 11.1 Å². The van der Waals surface area contributed by atoms with Crippen molar-refractivity contribution >= 4 is 29.6 Å². The van der Waals surface area contributed by atoms with Gasteiger partial charge in [-0.05, 0) is 48.7 Å². The van der Waals surface area contributed by atoms with E-state index in [4.69, 9.17) is 35.3 Å². The van der Waals surface area contributed by atoms with Crippen LogP contribution in [0.5, 0.6) is 11.5 Å². The first kappa shape index (κ1) is 23.7. The summed E-state index contributed by atoms with van der Waals surface area (Å²) >= 11 is 6.07. The molecule has 0 saturated carbocycles. The summed E-state index contributed by atoms with van der Waals surface area (Å²) in [5.74, 6) is -0.915. The van der Waals surface area contributed by atoms with E-state index in [1.807, 2.05) is 19.1 Å². The maximum Gasteiger partial charge on any atom is 0.410 e. The molecule has 1 amide bonds. The fraction of sp³-hybridized carbons (Fsp3) is 0.375. The van der Waals surface area contributed by atoms with Gasteiger partial charge in [-0.2, -0.15) is 0 Å². The van der Waals surface area contributed by atoms with E-state index in [9.17, 15) is 14.4 Å². The van der Waals surface area contributed by atoms with Gasteiger partial charge in [0.05, 0.1) is 20.8 Å². The number of rotatable bonds is 6. The van der Waals surface area contributed by atoms with Crippen molar-refractivity contribution in [1.29, 1.82) is 0 Å². The van der Waals surface area contributed by atoms with Gasteiger partial charge in [0.1, 0.15) is 6.10 Å². The van der Waals surface area contributed by atoms with Gasteiger partial charge in [0.15, 0.2) is 11.5 Å². The Morgan fingerprint density at radius 1 is 1.03 bits per heavy atom. The zero-order chi connectivity index (χ0) is 24.4. The van der Waals surface area contributed by atoms with Gasteiger partial charge in [0, 0.05) is 11.1 Å². The molecule has 34 heavy (non-hydrogen) atoms. The molecule has 0 aliphatic carbocycles. The van der Waals surface area contributed by atoms with Gasteiger partial charge in [0.25, 0.3) is 0 Å². The number of amides is 1. The minimum absolute atomic E-state index is 0.182. The number of methoxy groups -OCH3 is 2. The summed E-state index contributed by atoms with van der Waals surface area (Å²) in [5.41, 5.74) is 1.68. The third kappa shape index (κ3) is 4.75. The van der Waals surface area contributed by atoms with E-state index in [1.165, 1.54) is 14.2 Å². The summed E-state index contributed by atoms with van der Waals surface area (Å²) in [4.78, 5) is 38.4. The highest BCUT2D eigenvalue weighted by Gasteiger charge is 2.44. The van der Waals surface area contributed by atoms with Crippen LogP contribution < -0.4 is 9.47 Å². The summed E-state index contributed by atoms with van der Waals surface area (Å²) in [6.45, 7) is 2.32. The topological polar surface area (TPSA) is 101 Å². The highest BCUT2D eigenvalue weighted by molar-refractivity contribution is 6.30. The Hall–Kier alpha value is -3.46. The van der Waals surface area contributed by atoms with Gasteiger partial charge in [-0.3, -0.25) is 0 Å². The molecule has 2 aromatic rings. The SMILES string of the molecule is COC(=O)C1Oc2ccc(C[C@@H](C)N3C[C@@H](c4cccc(Cl)c4)OC3=O)cc2OC1C(=O)OC. The van der Waals surface area contributed by atoms with Gasteiger partial charge in [0.2, 0.25) is 12.2 Å². The van der Waals surface area contributed by atoms with E-state index in [0.29, 0.717) is 29.5 Å². The van der Waals surface area contributed by atoms with Crippen LogP contribution in [0.4, 0.5) is 4.79 Å². The van der Waals surface area contributed by atoms with Crippen molar-refractivity contribution in [2.75, 3.05) is 20.8 Å². The van der Waals surface area contributed by atoms with Gasteiger partial charge >= 0.3 is 18.0 Å². The quantitative estimate of drug-likeness (QED) is 0.450. The van der Waals surface area contributed by atoms with E-state index < -0.39 is 36.3 Å². The fourth-order valence-electron chi connectivity index (χ4n) is 4.01. The van der Waals surface area contributed by atoms with Gasteiger partial charge in [-0.1, -0.05) is 29.8 Å². The molecule has 0 bridgehead atoms. The number of hydrogen-bond acceptors (Lipinski definition) is 8. The van der Waals surface area contributed by atoms with Crippen molar-refractivity contribution < 1.29 is 38.1 Å². The van der Waals surface area contributed by atoms with Crippen LogP contribution in [-0.2, 0) is 30.2 Å². The lowest BCUT2D eigenvalue weighted by atomic mass is 10.0. The van der Waals surface area contributed by atoms with Gasteiger partial charge in [-0.25, -0.2) is 14.4 Å². The molecule has 2 aliphatic heterocycles. The molecule has 4 atom stereocenters. The third-order valence-electron chi connectivity index (χ3n) is 5.78. The summed E-state index contributed by atoms with van der Waals surface area (Å²) in [5, 5.41) is 0.580. The van der Waals surface area contributed by atoms with Crippen LogP contribution in [0, 0.1) is 0 Å². The lowest BCUT2D eigenvalue weighted by molar-refractivity contribution is -0.168. The largest absolute Gasteiger partial charge is 0.470 e. The molecule has 0 spiro atoms. The molecule has 180 valence electrons. The van der Waals surface area contributed by atoms with Crippen LogP contribution in [0.15, 0.2) is 42.5 Å². The van der Waals surface area contributed by atoms with Gasteiger partial charge in [-0.15, -0.1) is 0 Å². The summed E-state index contributed by atoms with van der Waals surface area (Å²) in [6.07, 6.45) is -2.88. The Labute approximate surface area is 201 Å². The first-order valence-corrected chi connectivity index (χ1v) is 11.0. The van der Waals surface area contributed by atoms with Crippen LogP contribution >= 0.6 is 11.6 Å². The Balaban J connectivity index is 1.47. The second kappa shape index (κ2) is 9.80. The molecule has 2 heterocycles. The average molecular weight is 490 g/mol. The molecule has 4 rings (SSSR count). The highest BCUT2D eigenvalue weighted by Crippen LogP contribution is 2.36. The van der Waals surface area contributed by atoms with Crippen LogP contribution in [0.3, 0.4) is 0 Å². The van der Waals surface area contributed by atoms with E-state index in [2.05, 4.69) is 0 Å². The van der Waals surface area contributed by atoms with Crippen LogP contribution in [-0.4, -0.2) is 61.9 Å². The van der Waals surface area contributed by atoms with Crippen molar-refractivity contribution in [3.8, 4) is 11.5 Å². The Morgan fingerprint density at radius 3 is 2.35 bits per heavy atom. The van der Waals surface area contributed by atoms with Crippen LogP contribution in [0.25, 0.3) is 0 Å². The van der Waals surface area contributed by atoms with Gasteiger partial charge < -0.3 is 28.6 Å². The minimum atomic E-state index is -1.30. The lowest BCUT2D eigenvalue weighted by Gasteiger charge is -2.31. The number of nitrogens with zero attached hydrogens (tertiary/aromatic N) is 1. The second-order valence-electron chi connectivity index (χ2n) is 8.04. The average Bonchev–Trinajstić information content (AvgIpc) is 3.24. The summed E-state index contributed by atoms with van der Waals surface area (Å²) in [6, 6.07) is 12.2. The molecule has 0 N–H and O–H groups in total. The number of carbonyl (C=O) groups is 3. The molecule has 1 saturated heterocycles. The zero-order valence-corrected chi connectivity index (χ0v) is 19.6. The summed E-state index contributed by atoms with van der Waals surface area (Å²) in [7, 11) is 2.39. The van der Waals surface area contributed by atoms with Crippen LogP contribution in [0.1, 0.15) is 24.2 Å². The number of fused-ring (bicyclic) bond motifs is 1. The van der Waals surface area contributed by atoms with Crippen molar-refractivity contribution in [2.24, 2.45) is 0 Å². The number of ether oxygens (including phenoxy) is 5. The zero-order valence-electron chi connectivity index (χ0n) is 18.9. The molecular formula is C24H24ClNO8. The lowest BCUT2D eigenvalue weighted by Crippen LogP contribution is -2.50. The molecule has 2 unspecified atom stereocenters. The van der Waals surface area contributed by atoms with E-state index in [-0.39, 0.29) is 6.04 Å². The Bertz CT molecular complexity index is 1110. The van der Waals surface area contributed by atoms with Crippen molar-refractivity contribution in [2.45, 2.75) is 37.7 Å². The number of hydrogen-bond donors (Lipinski definition) is 0. The first-order valence-electron chi connectivity index (χ1n) is 10.6. The van der Waals surface area contributed by atoms with Crippen molar-refractivity contribution in [3.05, 3.63) is 58.6 Å². The molecule has 2 aromatic carbocycles. The first-order chi connectivity index (χ1) is 16.3. The minimum Gasteiger partial charge on any atom is -0.470 e. The molecule has 2 aliphatic rings. The number of benzene rings is 2. The monoisotopic (exact) mass is 489 g/mol. The standard InChI is InChI=1S/C24H24ClNO8/c1-13(26-12-19(34-24(26)29)15-5-4-6-16(25)11-15)9-14-7-8-17-18(10-14)33-21(23(28)31-3)20(32-17)22(27)30-2/h4-8,10-11,13,19-21H,9,12H2,1-3H3/t13-,19+,20?,21?/m1/s1. The number of carbonyl (C=O) groups excluding carboxylic acids is 3. The Kier molecular flexibility index (Phi) is 6.83. The number of cyclic esters (lactones) is 1. The van der Waals surface area contributed by atoms with Crippen LogP contribution in [0.2, 0.25) is 5.02 Å². The maximum absolute atomic E-state index is 12.5. The summed E-state index contributed by atoms with van der Waals surface area (Å²) < 4.78 is 26.4. The van der Waals surface area contributed by atoms with Crippen molar-refractivity contribution in [1.82, 2.24) is 4.90 Å². The third-order valence-corrected chi connectivity index (χ3v) is 6.02. The molecular weight excluding hydrogens is 466 g/mol. The molecule has 0 aromatic heterocycles. The number of halogens is 1. The molecule has 9 nitrogen and oxygen atoms in total. The molecule has 0 radical (unpaired) electrons. The predicted octanol–water partition coefficient (Wildman–Crippen LogP) is 3.32. The maximum atomic E-state index is 12.5. The predicted molar refractivity (Wildman–Crippen MR) is 120 cm³/mol. The van der Waals surface area contributed by atoms with E-state index >= 15 is 0 Å². The number of esters is 2. The highest BCUT2D eigenvalue weighted by atomic mass is 35.5. The Morgan fingerprint density at radius 2 is 1.71 bits per heavy atom. The molecule has 1 fully saturated rings. The van der Waals surface area contributed by atoms with E-state index in [1.54, 1.807) is 35.2 Å². The fourth-order valence-corrected chi connectivity index (χ4v) is 4.21. The molecule has 10 heteroatoms. The normalized spacial score (nSPS) is 22.1. The van der Waals surface area contributed by atoms with Crippen molar-refractivity contribution in [3.63, 3.8) is 0 Å². The second-order valence-corrected chi connectivity index (χ2v) is 8.47. The smallest absolute Gasteiger partial charge is 0.410 e.